The average Bonchev–Trinajstić information content (AvgIpc) is 2.91. The Labute approximate surface area is 153 Å². The fraction of sp³-hybridized carbons (Fsp3) is 0.167. The summed E-state index contributed by atoms with van der Waals surface area (Å²) in [6, 6.07) is 13.8. The van der Waals surface area contributed by atoms with Crippen LogP contribution in [0.25, 0.3) is 10.2 Å². The van der Waals surface area contributed by atoms with Gasteiger partial charge in [0.25, 0.3) is 11.8 Å². The highest BCUT2D eigenvalue weighted by atomic mass is 35.5. The molecule has 128 valence electrons. The number of carbonyl (C=O) groups is 2. The van der Waals surface area contributed by atoms with E-state index in [4.69, 9.17) is 11.6 Å². The smallest absolute Gasteiger partial charge is 0.270 e. The highest BCUT2D eigenvalue weighted by Crippen LogP contribution is 2.16. The van der Waals surface area contributed by atoms with Crippen molar-refractivity contribution in [3.63, 3.8) is 0 Å². The van der Waals surface area contributed by atoms with Crippen molar-refractivity contribution >= 4 is 45.0 Å². The molecule has 0 aliphatic carbocycles. The van der Waals surface area contributed by atoms with Crippen LogP contribution in [-0.2, 0) is 11.8 Å². The van der Waals surface area contributed by atoms with E-state index in [1.807, 2.05) is 35.9 Å². The summed E-state index contributed by atoms with van der Waals surface area (Å²) in [5.41, 5.74) is 1.34. The number of nitrogens with one attached hydrogen (secondary N) is 1. The maximum atomic E-state index is 12.4. The third-order valence-electron chi connectivity index (χ3n) is 3.76. The van der Waals surface area contributed by atoms with Crippen LogP contribution in [0, 0.1) is 0 Å². The Morgan fingerprint density at radius 3 is 2.56 bits per heavy atom. The topological polar surface area (TPSA) is 63.5 Å². The molecule has 25 heavy (non-hydrogen) atoms. The van der Waals surface area contributed by atoms with Crippen molar-refractivity contribution in [2.75, 3.05) is 0 Å². The summed E-state index contributed by atoms with van der Waals surface area (Å²) >= 11 is 7.44. The van der Waals surface area contributed by atoms with Crippen molar-refractivity contribution in [1.29, 1.82) is 0 Å². The molecule has 1 atom stereocenters. The largest absolute Gasteiger partial charge is 0.340 e. The zero-order valence-electron chi connectivity index (χ0n) is 13.7. The van der Waals surface area contributed by atoms with Gasteiger partial charge in [0.2, 0.25) is 0 Å². The predicted molar refractivity (Wildman–Crippen MR) is 99.7 cm³/mol. The highest BCUT2D eigenvalue weighted by molar-refractivity contribution is 7.16. The monoisotopic (exact) mass is 373 g/mol. The third-order valence-corrected chi connectivity index (χ3v) is 5.20. The summed E-state index contributed by atoms with van der Waals surface area (Å²) in [7, 11) is 1.86. The van der Waals surface area contributed by atoms with E-state index in [2.05, 4.69) is 10.3 Å². The van der Waals surface area contributed by atoms with Gasteiger partial charge in [-0.3, -0.25) is 9.59 Å². The van der Waals surface area contributed by atoms with Crippen molar-refractivity contribution in [1.82, 2.24) is 9.88 Å². The van der Waals surface area contributed by atoms with Crippen LogP contribution in [0.3, 0.4) is 0 Å². The van der Waals surface area contributed by atoms with Crippen molar-refractivity contribution in [2.45, 2.75) is 13.0 Å². The maximum absolute atomic E-state index is 12.4. The predicted octanol–water partition coefficient (Wildman–Crippen LogP) is 3.14. The van der Waals surface area contributed by atoms with Crippen LogP contribution >= 0.6 is 22.9 Å². The van der Waals surface area contributed by atoms with Crippen LogP contribution in [0.5, 0.6) is 0 Å². The molecule has 3 aromatic rings. The Balaban J connectivity index is 1.81. The molecule has 0 aliphatic rings. The van der Waals surface area contributed by atoms with Crippen LogP contribution < -0.4 is 10.1 Å². The number of aromatic nitrogens is 1. The molecule has 0 saturated heterocycles. The third kappa shape index (κ3) is 3.65. The molecule has 3 rings (SSSR count). The molecule has 7 heteroatoms. The van der Waals surface area contributed by atoms with Gasteiger partial charge in [0.15, 0.2) is 4.80 Å². The molecule has 5 nitrogen and oxygen atoms in total. The first-order chi connectivity index (χ1) is 12.0. The number of carbonyl (C=O) groups excluding carboxylic acids is 2. The van der Waals surface area contributed by atoms with Crippen LogP contribution in [-0.4, -0.2) is 22.4 Å². The van der Waals surface area contributed by atoms with E-state index in [0.717, 1.165) is 10.2 Å². The Kier molecular flexibility index (Phi) is 5.01. The summed E-state index contributed by atoms with van der Waals surface area (Å²) in [5.74, 6) is -0.815. The lowest BCUT2D eigenvalue weighted by Crippen LogP contribution is -2.38. The van der Waals surface area contributed by atoms with E-state index >= 15 is 0 Å². The van der Waals surface area contributed by atoms with Gasteiger partial charge in [-0.05, 0) is 31.2 Å². The summed E-state index contributed by atoms with van der Waals surface area (Å²) in [5, 5.41) is 2.98. The van der Waals surface area contributed by atoms with Crippen molar-refractivity contribution < 1.29 is 9.59 Å². The second-order valence-electron chi connectivity index (χ2n) is 5.54. The number of aryl methyl sites for hydroxylation is 1. The van der Waals surface area contributed by atoms with E-state index in [1.165, 1.54) is 11.3 Å². The Morgan fingerprint density at radius 2 is 1.84 bits per heavy atom. The van der Waals surface area contributed by atoms with Gasteiger partial charge < -0.3 is 9.88 Å². The number of amides is 2. The molecule has 0 bridgehead atoms. The zero-order valence-corrected chi connectivity index (χ0v) is 15.3. The molecule has 1 aromatic heterocycles. The van der Waals surface area contributed by atoms with Gasteiger partial charge >= 0.3 is 0 Å². The Bertz CT molecular complexity index is 1020. The lowest BCUT2D eigenvalue weighted by atomic mass is 10.2. The number of rotatable bonds is 3. The second kappa shape index (κ2) is 7.21. The summed E-state index contributed by atoms with van der Waals surface area (Å²) in [6.45, 7) is 1.61. The van der Waals surface area contributed by atoms with Crippen LogP contribution in [0.1, 0.15) is 17.3 Å². The minimum atomic E-state index is -0.756. The van der Waals surface area contributed by atoms with Gasteiger partial charge in [0.05, 0.1) is 20.8 Å². The molecule has 1 unspecified atom stereocenters. The fourth-order valence-electron chi connectivity index (χ4n) is 2.36. The zero-order chi connectivity index (χ0) is 18.0. The summed E-state index contributed by atoms with van der Waals surface area (Å²) < 4.78 is 2.91. The first kappa shape index (κ1) is 17.4. The quantitative estimate of drug-likeness (QED) is 0.766. The SMILES string of the molecule is CC(NC(=O)c1ccccc1Cl)C(=O)N=c1sc2ccccc2n1C. The van der Waals surface area contributed by atoms with E-state index in [0.29, 0.717) is 15.4 Å². The van der Waals surface area contributed by atoms with Gasteiger partial charge in [0.1, 0.15) is 6.04 Å². The molecule has 0 aliphatic heterocycles. The van der Waals surface area contributed by atoms with Crippen molar-refractivity contribution in [3.05, 3.63) is 63.9 Å². The number of hydrogen-bond acceptors (Lipinski definition) is 3. The Morgan fingerprint density at radius 1 is 1.16 bits per heavy atom. The van der Waals surface area contributed by atoms with E-state index in [1.54, 1.807) is 31.2 Å². The number of halogens is 1. The fourth-order valence-corrected chi connectivity index (χ4v) is 3.61. The molecule has 0 spiro atoms. The highest BCUT2D eigenvalue weighted by Gasteiger charge is 2.18. The molecule has 0 saturated carbocycles. The lowest BCUT2D eigenvalue weighted by Gasteiger charge is -2.10. The van der Waals surface area contributed by atoms with Gasteiger partial charge in [-0.15, -0.1) is 0 Å². The van der Waals surface area contributed by atoms with Crippen LogP contribution in [0.4, 0.5) is 0 Å². The number of nitrogens with zero attached hydrogens (tertiary/aromatic N) is 2. The van der Waals surface area contributed by atoms with Gasteiger partial charge in [-0.25, -0.2) is 0 Å². The van der Waals surface area contributed by atoms with Gasteiger partial charge in [-0.1, -0.05) is 47.2 Å². The molecule has 0 fully saturated rings. The van der Waals surface area contributed by atoms with E-state index in [-0.39, 0.29) is 0 Å². The molecule has 1 N–H and O–H groups in total. The lowest BCUT2D eigenvalue weighted by molar-refractivity contribution is -0.119. The van der Waals surface area contributed by atoms with Gasteiger partial charge in [0, 0.05) is 7.05 Å². The minimum Gasteiger partial charge on any atom is -0.340 e. The van der Waals surface area contributed by atoms with E-state index in [9.17, 15) is 9.59 Å². The normalized spacial score (nSPS) is 13.0. The average molecular weight is 374 g/mol. The first-order valence-corrected chi connectivity index (χ1v) is 8.85. The number of fused-ring (bicyclic) bond motifs is 1. The molecule has 2 aromatic carbocycles. The molecular formula is C18H16ClN3O2S. The van der Waals surface area contributed by atoms with Crippen LogP contribution in [0.15, 0.2) is 53.5 Å². The number of benzene rings is 2. The standard InChI is InChI=1S/C18H16ClN3O2S/c1-11(20-17(24)12-7-3-4-8-13(12)19)16(23)21-18-22(2)14-9-5-6-10-15(14)25-18/h3-11H,1-2H3,(H,20,24). The number of thiazole rings is 1. The minimum absolute atomic E-state index is 0.330. The van der Waals surface area contributed by atoms with Gasteiger partial charge in [-0.2, -0.15) is 4.99 Å². The summed E-state index contributed by atoms with van der Waals surface area (Å²) in [6.07, 6.45) is 0. The molecular weight excluding hydrogens is 358 g/mol. The molecule has 0 radical (unpaired) electrons. The Hall–Kier alpha value is -2.44. The van der Waals surface area contributed by atoms with E-state index < -0.39 is 17.9 Å². The molecule has 2 amide bonds. The van der Waals surface area contributed by atoms with Crippen molar-refractivity contribution in [2.24, 2.45) is 12.0 Å². The second-order valence-corrected chi connectivity index (χ2v) is 6.95. The number of hydrogen-bond donors (Lipinski definition) is 1. The number of para-hydroxylation sites is 1. The molecule has 1 heterocycles. The summed E-state index contributed by atoms with van der Waals surface area (Å²) in [4.78, 5) is 29.4. The first-order valence-electron chi connectivity index (χ1n) is 7.66. The van der Waals surface area contributed by atoms with Crippen LogP contribution in [0.2, 0.25) is 5.02 Å². The maximum Gasteiger partial charge on any atom is 0.270 e. The van der Waals surface area contributed by atoms with Crippen molar-refractivity contribution in [3.8, 4) is 0 Å².